The minimum Gasteiger partial charge on any atom is -0.457 e. The standard InChI is InChI=1S/C16H26O5/c1-11(2)16(8-6-7-9-16)21-13(18)12(17)10-20-14(19)15(3,4)5/h11H,6-10H2,1-5H3. The van der Waals surface area contributed by atoms with E-state index in [0.717, 1.165) is 25.7 Å². The molecular formula is C16H26O5. The van der Waals surface area contributed by atoms with Crippen molar-refractivity contribution in [3.05, 3.63) is 0 Å². The van der Waals surface area contributed by atoms with Gasteiger partial charge in [0.05, 0.1) is 5.41 Å². The van der Waals surface area contributed by atoms with Crippen LogP contribution in [0.4, 0.5) is 0 Å². The van der Waals surface area contributed by atoms with E-state index in [1.54, 1.807) is 20.8 Å². The molecule has 0 aromatic carbocycles. The van der Waals surface area contributed by atoms with Crippen LogP contribution in [0.5, 0.6) is 0 Å². The zero-order valence-electron chi connectivity index (χ0n) is 13.7. The number of esters is 2. The Balaban J connectivity index is 2.55. The average Bonchev–Trinajstić information content (AvgIpc) is 2.83. The Bertz CT molecular complexity index is 411. The van der Waals surface area contributed by atoms with Crippen LogP contribution in [0.15, 0.2) is 0 Å². The minimum absolute atomic E-state index is 0.161. The van der Waals surface area contributed by atoms with Crippen LogP contribution >= 0.6 is 0 Å². The smallest absolute Gasteiger partial charge is 0.378 e. The first kappa shape index (κ1) is 17.7. The fraction of sp³-hybridized carbons (Fsp3) is 0.812. The lowest BCUT2D eigenvalue weighted by Crippen LogP contribution is -2.40. The van der Waals surface area contributed by atoms with Gasteiger partial charge in [0.1, 0.15) is 5.60 Å². The molecule has 5 heteroatoms. The number of carbonyl (C=O) groups is 3. The van der Waals surface area contributed by atoms with Crippen molar-refractivity contribution in [3.63, 3.8) is 0 Å². The molecule has 1 rings (SSSR count). The van der Waals surface area contributed by atoms with Crippen molar-refractivity contribution in [1.82, 2.24) is 0 Å². The van der Waals surface area contributed by atoms with Crippen LogP contribution in [0, 0.1) is 11.3 Å². The SMILES string of the molecule is CC(C)C1(OC(=O)C(=O)COC(=O)C(C)(C)C)CCCC1. The van der Waals surface area contributed by atoms with Crippen molar-refractivity contribution in [2.45, 2.75) is 65.9 Å². The van der Waals surface area contributed by atoms with Gasteiger partial charge in [0, 0.05) is 0 Å². The number of hydrogen-bond donors (Lipinski definition) is 0. The molecule has 0 unspecified atom stereocenters. The summed E-state index contributed by atoms with van der Waals surface area (Å²) in [6.07, 6.45) is 3.56. The lowest BCUT2D eigenvalue weighted by Gasteiger charge is -2.32. The van der Waals surface area contributed by atoms with Gasteiger partial charge in [0.15, 0.2) is 6.61 Å². The molecule has 0 aromatic heterocycles. The monoisotopic (exact) mass is 298 g/mol. The first-order chi connectivity index (χ1) is 9.58. The number of Topliss-reactive ketones (excluding diaryl/α,β-unsaturated/α-hetero) is 1. The molecule has 21 heavy (non-hydrogen) atoms. The van der Waals surface area contributed by atoms with Crippen LogP contribution in [-0.2, 0) is 23.9 Å². The van der Waals surface area contributed by atoms with E-state index in [1.807, 2.05) is 13.8 Å². The molecular weight excluding hydrogens is 272 g/mol. The maximum atomic E-state index is 11.9. The van der Waals surface area contributed by atoms with E-state index in [-0.39, 0.29) is 5.92 Å². The van der Waals surface area contributed by atoms with E-state index in [0.29, 0.717) is 0 Å². The Labute approximate surface area is 126 Å². The van der Waals surface area contributed by atoms with Gasteiger partial charge in [0.25, 0.3) is 5.78 Å². The van der Waals surface area contributed by atoms with Crippen molar-refractivity contribution in [2.24, 2.45) is 11.3 Å². The molecule has 0 amide bonds. The van der Waals surface area contributed by atoms with Gasteiger partial charge < -0.3 is 9.47 Å². The van der Waals surface area contributed by atoms with Gasteiger partial charge in [-0.1, -0.05) is 13.8 Å². The molecule has 5 nitrogen and oxygen atoms in total. The first-order valence-electron chi connectivity index (χ1n) is 7.52. The summed E-state index contributed by atoms with van der Waals surface area (Å²) >= 11 is 0. The zero-order chi connectivity index (χ0) is 16.3. The fourth-order valence-corrected chi connectivity index (χ4v) is 2.42. The lowest BCUT2D eigenvalue weighted by molar-refractivity contribution is -0.173. The van der Waals surface area contributed by atoms with Crippen molar-refractivity contribution in [2.75, 3.05) is 6.61 Å². The normalized spacial score (nSPS) is 17.6. The van der Waals surface area contributed by atoms with Crippen molar-refractivity contribution >= 4 is 17.7 Å². The maximum absolute atomic E-state index is 11.9. The molecule has 0 saturated heterocycles. The summed E-state index contributed by atoms with van der Waals surface area (Å²) in [5.74, 6) is -2.05. The Morgan fingerprint density at radius 3 is 2.05 bits per heavy atom. The zero-order valence-corrected chi connectivity index (χ0v) is 13.7. The molecule has 1 aliphatic rings. The third kappa shape index (κ3) is 4.55. The largest absolute Gasteiger partial charge is 0.457 e. The summed E-state index contributed by atoms with van der Waals surface area (Å²) < 4.78 is 10.3. The predicted molar refractivity (Wildman–Crippen MR) is 77.6 cm³/mol. The molecule has 1 saturated carbocycles. The third-order valence-electron chi connectivity index (χ3n) is 3.97. The number of ketones is 1. The van der Waals surface area contributed by atoms with Gasteiger partial charge >= 0.3 is 11.9 Å². The summed E-state index contributed by atoms with van der Waals surface area (Å²) in [5.41, 5.74) is -1.24. The number of rotatable bonds is 5. The molecule has 0 aromatic rings. The van der Waals surface area contributed by atoms with Gasteiger partial charge in [0.2, 0.25) is 0 Å². The minimum atomic E-state index is -0.896. The maximum Gasteiger partial charge on any atom is 0.378 e. The van der Waals surface area contributed by atoms with Crippen LogP contribution in [-0.4, -0.2) is 29.9 Å². The molecule has 0 radical (unpaired) electrons. The third-order valence-corrected chi connectivity index (χ3v) is 3.97. The van der Waals surface area contributed by atoms with Gasteiger partial charge in [-0.15, -0.1) is 0 Å². The topological polar surface area (TPSA) is 69.7 Å². The summed E-state index contributed by atoms with van der Waals surface area (Å²) in [5, 5.41) is 0. The highest BCUT2D eigenvalue weighted by Crippen LogP contribution is 2.39. The molecule has 0 heterocycles. The van der Waals surface area contributed by atoms with Crippen LogP contribution in [0.25, 0.3) is 0 Å². The molecule has 0 aliphatic heterocycles. The fourth-order valence-electron chi connectivity index (χ4n) is 2.42. The van der Waals surface area contributed by atoms with E-state index < -0.39 is 35.3 Å². The Morgan fingerprint density at radius 1 is 1.10 bits per heavy atom. The van der Waals surface area contributed by atoms with E-state index in [1.165, 1.54) is 0 Å². The number of hydrogen-bond acceptors (Lipinski definition) is 5. The lowest BCUT2D eigenvalue weighted by atomic mass is 9.88. The Morgan fingerprint density at radius 2 is 1.62 bits per heavy atom. The highest BCUT2D eigenvalue weighted by atomic mass is 16.6. The predicted octanol–water partition coefficient (Wildman–Crippen LogP) is 2.66. The highest BCUT2D eigenvalue weighted by Gasteiger charge is 2.42. The van der Waals surface area contributed by atoms with Crippen molar-refractivity contribution in [3.8, 4) is 0 Å². The van der Waals surface area contributed by atoms with Crippen LogP contribution in [0.3, 0.4) is 0 Å². The molecule has 1 fully saturated rings. The molecule has 0 atom stereocenters. The summed E-state index contributed by atoms with van der Waals surface area (Å²) in [6.45, 7) is 8.48. The quantitative estimate of drug-likeness (QED) is 0.576. The molecule has 1 aliphatic carbocycles. The molecule has 0 N–H and O–H groups in total. The van der Waals surface area contributed by atoms with Crippen LogP contribution in [0.2, 0.25) is 0 Å². The first-order valence-corrected chi connectivity index (χ1v) is 7.52. The van der Waals surface area contributed by atoms with Gasteiger partial charge in [-0.2, -0.15) is 0 Å². The molecule has 0 spiro atoms. The van der Waals surface area contributed by atoms with E-state index in [2.05, 4.69) is 0 Å². The van der Waals surface area contributed by atoms with Crippen molar-refractivity contribution in [1.29, 1.82) is 0 Å². The second-order valence-electron chi connectivity index (χ2n) is 7.07. The average molecular weight is 298 g/mol. The van der Waals surface area contributed by atoms with Crippen LogP contribution in [0.1, 0.15) is 60.3 Å². The van der Waals surface area contributed by atoms with E-state index >= 15 is 0 Å². The van der Waals surface area contributed by atoms with Gasteiger partial charge in [-0.25, -0.2) is 4.79 Å². The second-order valence-corrected chi connectivity index (χ2v) is 7.07. The van der Waals surface area contributed by atoms with E-state index in [4.69, 9.17) is 9.47 Å². The van der Waals surface area contributed by atoms with Gasteiger partial charge in [-0.3, -0.25) is 9.59 Å². The summed E-state index contributed by atoms with van der Waals surface area (Å²) in [6, 6.07) is 0. The van der Waals surface area contributed by atoms with Gasteiger partial charge in [-0.05, 0) is 52.4 Å². The Kier molecular flexibility index (Phi) is 5.54. The highest BCUT2D eigenvalue weighted by molar-refractivity contribution is 6.34. The summed E-state index contributed by atoms with van der Waals surface area (Å²) in [4.78, 5) is 35.3. The van der Waals surface area contributed by atoms with Crippen molar-refractivity contribution < 1.29 is 23.9 Å². The molecule has 0 bridgehead atoms. The Hall–Kier alpha value is -1.39. The van der Waals surface area contributed by atoms with E-state index in [9.17, 15) is 14.4 Å². The molecule has 120 valence electrons. The second kappa shape index (κ2) is 6.58. The number of ether oxygens (including phenoxy) is 2. The van der Waals surface area contributed by atoms with Crippen LogP contribution < -0.4 is 0 Å². The number of carbonyl (C=O) groups excluding carboxylic acids is 3. The summed E-state index contributed by atoms with van der Waals surface area (Å²) in [7, 11) is 0.